The third-order valence-electron chi connectivity index (χ3n) is 4.15. The first-order valence-corrected chi connectivity index (χ1v) is 8.72. The van der Waals surface area contributed by atoms with Crippen molar-refractivity contribution in [3.8, 4) is 5.75 Å². The number of ether oxygens (including phenoxy) is 1. The van der Waals surface area contributed by atoms with Crippen molar-refractivity contribution in [2.75, 3.05) is 24.3 Å². The van der Waals surface area contributed by atoms with E-state index in [9.17, 15) is 0 Å². The van der Waals surface area contributed by atoms with Gasteiger partial charge in [0.25, 0.3) is 0 Å². The molecule has 0 aliphatic heterocycles. The Morgan fingerprint density at radius 2 is 1.65 bits per heavy atom. The van der Waals surface area contributed by atoms with Crippen molar-refractivity contribution >= 4 is 11.6 Å². The molecule has 2 aromatic carbocycles. The third kappa shape index (κ3) is 4.96. The molecule has 2 N–H and O–H groups in total. The Labute approximate surface area is 154 Å². The number of methoxy groups -OCH3 is 1. The molecule has 0 saturated carbocycles. The predicted octanol–water partition coefficient (Wildman–Crippen LogP) is 4.06. The lowest BCUT2D eigenvalue weighted by Gasteiger charge is -2.10. The minimum Gasteiger partial charge on any atom is -0.496 e. The lowest BCUT2D eigenvalue weighted by Crippen LogP contribution is -2.08. The molecule has 0 saturated heterocycles. The second-order valence-corrected chi connectivity index (χ2v) is 6.12. The maximum Gasteiger partial charge on any atom is 0.131 e. The molecule has 0 bridgehead atoms. The lowest BCUT2D eigenvalue weighted by molar-refractivity contribution is 0.410. The summed E-state index contributed by atoms with van der Waals surface area (Å²) in [5, 5.41) is 6.68. The van der Waals surface area contributed by atoms with Gasteiger partial charge >= 0.3 is 0 Å². The molecule has 3 aromatic rings. The van der Waals surface area contributed by atoms with E-state index in [1.54, 1.807) is 13.4 Å². The van der Waals surface area contributed by atoms with Crippen LogP contribution in [0.3, 0.4) is 0 Å². The minimum atomic E-state index is 0.734. The smallest absolute Gasteiger partial charge is 0.131 e. The van der Waals surface area contributed by atoms with E-state index in [0.717, 1.165) is 36.9 Å². The second-order valence-electron chi connectivity index (χ2n) is 6.12. The van der Waals surface area contributed by atoms with Crippen molar-refractivity contribution in [3.05, 3.63) is 77.6 Å². The zero-order valence-corrected chi connectivity index (χ0v) is 15.2. The number of aromatic nitrogens is 2. The van der Waals surface area contributed by atoms with Gasteiger partial charge < -0.3 is 15.4 Å². The van der Waals surface area contributed by atoms with Crippen LogP contribution in [0.15, 0.2) is 60.9 Å². The minimum absolute atomic E-state index is 0.734. The van der Waals surface area contributed by atoms with Crippen LogP contribution in [0.2, 0.25) is 0 Å². The topological polar surface area (TPSA) is 59.1 Å². The summed E-state index contributed by atoms with van der Waals surface area (Å²) in [5.74, 6) is 2.53. The maximum absolute atomic E-state index is 5.39. The van der Waals surface area contributed by atoms with Gasteiger partial charge in [-0.25, -0.2) is 9.97 Å². The monoisotopic (exact) mass is 348 g/mol. The van der Waals surface area contributed by atoms with Gasteiger partial charge in [-0.2, -0.15) is 0 Å². The molecule has 134 valence electrons. The number of hydrogen-bond acceptors (Lipinski definition) is 5. The number of benzene rings is 2. The summed E-state index contributed by atoms with van der Waals surface area (Å²) in [6, 6.07) is 18.5. The van der Waals surface area contributed by atoms with Gasteiger partial charge in [0.15, 0.2) is 0 Å². The van der Waals surface area contributed by atoms with Gasteiger partial charge in [0.05, 0.1) is 7.11 Å². The first-order chi connectivity index (χ1) is 12.7. The average Bonchev–Trinajstić information content (AvgIpc) is 2.68. The fourth-order valence-corrected chi connectivity index (χ4v) is 2.68. The number of nitrogens with zero attached hydrogens (tertiary/aromatic N) is 2. The third-order valence-corrected chi connectivity index (χ3v) is 4.15. The Bertz CT molecular complexity index is 833. The Morgan fingerprint density at radius 1 is 0.923 bits per heavy atom. The quantitative estimate of drug-likeness (QED) is 0.643. The number of para-hydroxylation sites is 1. The molecule has 1 heterocycles. The van der Waals surface area contributed by atoms with E-state index in [1.807, 2.05) is 24.3 Å². The fraction of sp³-hybridized carbons (Fsp3) is 0.238. The Morgan fingerprint density at radius 3 is 2.42 bits per heavy atom. The van der Waals surface area contributed by atoms with Crippen LogP contribution < -0.4 is 15.4 Å². The van der Waals surface area contributed by atoms with E-state index in [-0.39, 0.29) is 0 Å². The van der Waals surface area contributed by atoms with Gasteiger partial charge in [0.2, 0.25) is 0 Å². The number of aryl methyl sites for hydroxylation is 1. The number of hydrogen-bond donors (Lipinski definition) is 2. The highest BCUT2D eigenvalue weighted by atomic mass is 16.5. The molecule has 3 rings (SSSR count). The van der Waals surface area contributed by atoms with Crippen molar-refractivity contribution in [1.29, 1.82) is 0 Å². The van der Waals surface area contributed by atoms with Crippen molar-refractivity contribution in [2.24, 2.45) is 0 Å². The molecule has 0 amide bonds. The zero-order valence-electron chi connectivity index (χ0n) is 15.2. The molecule has 0 fully saturated rings. The van der Waals surface area contributed by atoms with Gasteiger partial charge in [0, 0.05) is 19.2 Å². The number of rotatable bonds is 8. The van der Waals surface area contributed by atoms with Gasteiger partial charge in [-0.15, -0.1) is 0 Å². The molecule has 0 aliphatic rings. The zero-order chi connectivity index (χ0) is 18.2. The summed E-state index contributed by atoms with van der Waals surface area (Å²) in [7, 11) is 1.70. The van der Waals surface area contributed by atoms with Gasteiger partial charge in [-0.3, -0.25) is 0 Å². The summed E-state index contributed by atoms with van der Waals surface area (Å²) in [5.41, 5.74) is 3.66. The molecule has 0 spiro atoms. The molecule has 0 atom stereocenters. The Balaban J connectivity index is 1.53. The van der Waals surface area contributed by atoms with Crippen LogP contribution in [0, 0.1) is 6.92 Å². The van der Waals surface area contributed by atoms with Crippen LogP contribution in [-0.2, 0) is 13.0 Å². The van der Waals surface area contributed by atoms with Gasteiger partial charge in [0.1, 0.15) is 23.7 Å². The van der Waals surface area contributed by atoms with Crippen LogP contribution in [0.25, 0.3) is 0 Å². The number of anilines is 2. The molecule has 5 nitrogen and oxygen atoms in total. The van der Waals surface area contributed by atoms with Crippen LogP contribution in [-0.4, -0.2) is 23.6 Å². The van der Waals surface area contributed by atoms with Gasteiger partial charge in [-0.05, 0) is 30.5 Å². The molecular formula is C21H24N4O. The van der Waals surface area contributed by atoms with Crippen molar-refractivity contribution in [3.63, 3.8) is 0 Å². The van der Waals surface area contributed by atoms with Gasteiger partial charge in [-0.1, -0.05) is 48.0 Å². The Kier molecular flexibility index (Phi) is 6.04. The lowest BCUT2D eigenvalue weighted by atomic mass is 10.1. The van der Waals surface area contributed by atoms with E-state index in [2.05, 4.69) is 57.9 Å². The molecule has 0 radical (unpaired) electrons. The molecule has 5 heteroatoms. The van der Waals surface area contributed by atoms with Crippen LogP contribution in [0.1, 0.15) is 16.7 Å². The highest BCUT2D eigenvalue weighted by Gasteiger charge is 2.03. The van der Waals surface area contributed by atoms with E-state index < -0.39 is 0 Å². The maximum atomic E-state index is 5.39. The molecule has 0 aliphatic carbocycles. The first-order valence-electron chi connectivity index (χ1n) is 8.72. The largest absolute Gasteiger partial charge is 0.496 e. The van der Waals surface area contributed by atoms with Crippen LogP contribution in [0.4, 0.5) is 11.6 Å². The molecule has 26 heavy (non-hydrogen) atoms. The normalized spacial score (nSPS) is 10.4. The summed E-state index contributed by atoms with van der Waals surface area (Å²) >= 11 is 0. The molecular weight excluding hydrogens is 324 g/mol. The molecule has 1 aromatic heterocycles. The average molecular weight is 348 g/mol. The van der Waals surface area contributed by atoms with Crippen molar-refractivity contribution < 1.29 is 4.74 Å². The van der Waals surface area contributed by atoms with E-state index in [1.165, 1.54) is 16.7 Å². The highest BCUT2D eigenvalue weighted by Crippen LogP contribution is 2.18. The Hall–Kier alpha value is -3.08. The summed E-state index contributed by atoms with van der Waals surface area (Å²) < 4.78 is 5.39. The van der Waals surface area contributed by atoms with E-state index >= 15 is 0 Å². The standard InChI is InChI=1S/C21H24N4O/c1-16-7-9-17(10-8-16)14-23-21-13-20(24-15-25-21)22-12-11-18-5-3-4-6-19(18)26-2/h3-10,13,15H,11-12,14H2,1-2H3,(H2,22,23,24,25). The fourth-order valence-electron chi connectivity index (χ4n) is 2.68. The predicted molar refractivity (Wildman–Crippen MR) is 106 cm³/mol. The van der Waals surface area contributed by atoms with Crippen molar-refractivity contribution in [2.45, 2.75) is 19.9 Å². The summed E-state index contributed by atoms with van der Waals surface area (Å²) in [4.78, 5) is 8.57. The highest BCUT2D eigenvalue weighted by molar-refractivity contribution is 5.47. The SMILES string of the molecule is COc1ccccc1CCNc1cc(NCc2ccc(C)cc2)ncn1. The summed E-state index contributed by atoms with van der Waals surface area (Å²) in [6.07, 6.45) is 2.43. The van der Waals surface area contributed by atoms with E-state index in [4.69, 9.17) is 4.74 Å². The molecule has 0 unspecified atom stereocenters. The summed E-state index contributed by atoms with van der Waals surface area (Å²) in [6.45, 7) is 3.59. The van der Waals surface area contributed by atoms with E-state index in [0.29, 0.717) is 0 Å². The number of nitrogens with one attached hydrogen (secondary N) is 2. The van der Waals surface area contributed by atoms with Crippen LogP contribution >= 0.6 is 0 Å². The van der Waals surface area contributed by atoms with Crippen LogP contribution in [0.5, 0.6) is 5.75 Å². The first kappa shape index (κ1) is 17.7. The van der Waals surface area contributed by atoms with Crippen molar-refractivity contribution in [1.82, 2.24) is 9.97 Å². The second kappa shape index (κ2) is 8.85.